The van der Waals surface area contributed by atoms with E-state index in [9.17, 15) is 0 Å². The van der Waals surface area contributed by atoms with E-state index in [1.54, 1.807) is 0 Å². The largest absolute Gasteiger partial charge is 0.371 e. The van der Waals surface area contributed by atoms with Gasteiger partial charge in [-0.15, -0.1) is 0 Å². The topological polar surface area (TPSA) is 64.7 Å². The molecule has 0 heterocycles. The summed E-state index contributed by atoms with van der Waals surface area (Å²) in [7, 11) is 2.83. The van der Waals surface area contributed by atoms with Crippen molar-refractivity contribution in [3.63, 3.8) is 0 Å². The van der Waals surface area contributed by atoms with Gasteiger partial charge in [-0.25, -0.2) is 5.90 Å². The molecule has 0 saturated carbocycles. The Labute approximate surface area is 42.8 Å². The average Bonchev–Trinajstić information content (AvgIpc) is 1.69. The maximum atomic E-state index is 7.65. The van der Waals surface area contributed by atoms with Crippen molar-refractivity contribution in [2.24, 2.45) is 5.90 Å². The van der Waals surface area contributed by atoms with Crippen LogP contribution in [0.4, 0.5) is 0 Å². The molecule has 0 amide bonds. The summed E-state index contributed by atoms with van der Waals surface area (Å²) >= 11 is 0. The first-order valence-electron chi connectivity index (χ1n) is 1.66. The molecule has 3 N–H and O–H groups in total. The monoisotopic (exact) mass is 109 g/mol. The smallest absolute Gasteiger partial charge is 0.143 e. The fourth-order valence-corrected chi connectivity index (χ4v) is 0. The van der Waals surface area contributed by atoms with E-state index in [0.29, 0.717) is 0 Å². The molecule has 0 aromatic carbocycles. The van der Waals surface area contributed by atoms with Crippen molar-refractivity contribution in [3.05, 3.63) is 0 Å². The summed E-state index contributed by atoms with van der Waals surface area (Å²) in [5, 5.41) is 7.65. The summed E-state index contributed by atoms with van der Waals surface area (Å²) in [6, 6.07) is 0. The molecular formula is C3H11NO3. The summed E-state index contributed by atoms with van der Waals surface area (Å²) in [6.45, 7) is -0.181. The molecule has 0 saturated heterocycles. The number of rotatable bonds is 1. The van der Waals surface area contributed by atoms with Crippen molar-refractivity contribution >= 4 is 0 Å². The van der Waals surface area contributed by atoms with Gasteiger partial charge in [0.1, 0.15) is 6.79 Å². The van der Waals surface area contributed by atoms with Crippen LogP contribution in [0.1, 0.15) is 0 Å². The van der Waals surface area contributed by atoms with Gasteiger partial charge in [-0.05, 0) is 0 Å². The molecule has 0 bridgehead atoms. The molecular weight excluding hydrogens is 98.0 g/mol. The second-order valence-electron chi connectivity index (χ2n) is 0.653. The van der Waals surface area contributed by atoms with Gasteiger partial charge in [-0.2, -0.15) is 0 Å². The lowest BCUT2D eigenvalue weighted by Gasteiger charge is -1.76. The Morgan fingerprint density at radius 1 is 1.57 bits per heavy atom. The quantitative estimate of drug-likeness (QED) is 0.338. The molecule has 0 radical (unpaired) electrons. The van der Waals surface area contributed by atoms with Gasteiger partial charge in [0.15, 0.2) is 0 Å². The summed E-state index contributed by atoms with van der Waals surface area (Å²) in [5.74, 6) is 4.35. The highest BCUT2D eigenvalue weighted by Gasteiger charge is 1.51. The molecule has 0 atom stereocenters. The van der Waals surface area contributed by atoms with Gasteiger partial charge in [0.2, 0.25) is 0 Å². The summed E-state index contributed by atoms with van der Waals surface area (Å²) in [6.07, 6.45) is 0. The molecule has 46 valence electrons. The highest BCUT2D eigenvalue weighted by atomic mass is 16.6. The Morgan fingerprint density at radius 2 is 1.71 bits per heavy atom. The fourth-order valence-electron chi connectivity index (χ4n) is 0. The summed E-state index contributed by atoms with van der Waals surface area (Å²) < 4.78 is 4.10. The SMILES string of the molecule is COCO.CON. The molecule has 0 aliphatic rings. The number of aliphatic hydroxyl groups excluding tert-OH is 1. The lowest BCUT2D eigenvalue weighted by atomic mass is 11.4. The van der Waals surface area contributed by atoms with Crippen LogP contribution in [0.25, 0.3) is 0 Å². The second kappa shape index (κ2) is 17.0. The van der Waals surface area contributed by atoms with Crippen LogP contribution in [0.5, 0.6) is 0 Å². The fraction of sp³-hybridized carbons (Fsp3) is 1.00. The number of ether oxygens (including phenoxy) is 1. The Balaban J connectivity index is 0. The van der Waals surface area contributed by atoms with E-state index in [2.05, 4.69) is 15.5 Å². The molecule has 0 aromatic heterocycles. The second-order valence-corrected chi connectivity index (χ2v) is 0.653. The molecule has 0 aliphatic heterocycles. The maximum absolute atomic E-state index is 7.65. The highest BCUT2D eigenvalue weighted by Crippen LogP contribution is 1.46. The molecule has 0 unspecified atom stereocenters. The van der Waals surface area contributed by atoms with Gasteiger partial charge >= 0.3 is 0 Å². The van der Waals surface area contributed by atoms with E-state index in [1.165, 1.54) is 14.2 Å². The molecule has 0 aromatic rings. The summed E-state index contributed by atoms with van der Waals surface area (Å²) in [5.41, 5.74) is 0. The minimum atomic E-state index is -0.181. The van der Waals surface area contributed by atoms with Crippen LogP contribution in [0, 0.1) is 0 Å². The first-order valence-corrected chi connectivity index (χ1v) is 1.66. The zero-order chi connectivity index (χ0) is 6.12. The Kier molecular flexibility index (Phi) is 24.1. The van der Waals surface area contributed by atoms with Crippen molar-refractivity contribution in [2.45, 2.75) is 0 Å². The lowest BCUT2D eigenvalue weighted by Crippen LogP contribution is -1.86. The highest BCUT2D eigenvalue weighted by molar-refractivity contribution is 3.72. The molecule has 4 heteroatoms. The van der Waals surface area contributed by atoms with E-state index >= 15 is 0 Å². The van der Waals surface area contributed by atoms with Crippen LogP contribution in [-0.4, -0.2) is 26.1 Å². The standard InChI is InChI=1S/C2H6O2.CH5NO/c1-4-2-3;1-3-2/h3H,2H2,1H3;2H2,1H3. The van der Waals surface area contributed by atoms with Crippen LogP contribution in [0.3, 0.4) is 0 Å². The molecule has 7 heavy (non-hydrogen) atoms. The minimum Gasteiger partial charge on any atom is -0.371 e. The van der Waals surface area contributed by atoms with Crippen LogP contribution in [0.2, 0.25) is 0 Å². The van der Waals surface area contributed by atoms with E-state index in [0.717, 1.165) is 0 Å². The van der Waals surface area contributed by atoms with Gasteiger partial charge in [-0.1, -0.05) is 0 Å². The van der Waals surface area contributed by atoms with Gasteiger partial charge in [0.25, 0.3) is 0 Å². The van der Waals surface area contributed by atoms with Crippen LogP contribution < -0.4 is 5.90 Å². The maximum Gasteiger partial charge on any atom is 0.143 e. The molecule has 0 fully saturated rings. The first-order chi connectivity index (χ1) is 3.33. The molecule has 0 rings (SSSR count). The predicted molar refractivity (Wildman–Crippen MR) is 25.3 cm³/mol. The molecule has 0 spiro atoms. The molecule has 0 aliphatic carbocycles. The van der Waals surface area contributed by atoms with Gasteiger partial charge in [-0.3, -0.25) is 0 Å². The normalized spacial score (nSPS) is 6.86. The van der Waals surface area contributed by atoms with Crippen molar-refractivity contribution < 1.29 is 14.7 Å². The van der Waals surface area contributed by atoms with Crippen LogP contribution >= 0.6 is 0 Å². The van der Waals surface area contributed by atoms with Gasteiger partial charge < -0.3 is 14.7 Å². The van der Waals surface area contributed by atoms with Crippen molar-refractivity contribution in [2.75, 3.05) is 21.0 Å². The number of methoxy groups -OCH3 is 1. The zero-order valence-electron chi connectivity index (χ0n) is 4.55. The average molecular weight is 109 g/mol. The van der Waals surface area contributed by atoms with E-state index < -0.39 is 0 Å². The third-order valence-electron chi connectivity index (χ3n) is 0.129. The van der Waals surface area contributed by atoms with Gasteiger partial charge in [0.05, 0.1) is 7.11 Å². The zero-order valence-corrected chi connectivity index (χ0v) is 4.55. The number of nitrogens with two attached hydrogens (primary N) is 1. The third kappa shape index (κ3) is 122. The van der Waals surface area contributed by atoms with Crippen molar-refractivity contribution in [3.8, 4) is 0 Å². The predicted octanol–water partition coefficient (Wildman–Crippen LogP) is -0.911. The van der Waals surface area contributed by atoms with Crippen molar-refractivity contribution in [1.82, 2.24) is 0 Å². The third-order valence-corrected chi connectivity index (χ3v) is 0.129. The minimum absolute atomic E-state index is 0.181. The van der Waals surface area contributed by atoms with Crippen LogP contribution in [0.15, 0.2) is 0 Å². The van der Waals surface area contributed by atoms with Crippen molar-refractivity contribution in [1.29, 1.82) is 0 Å². The Hall–Kier alpha value is -0.160. The van der Waals surface area contributed by atoms with Gasteiger partial charge in [0, 0.05) is 7.11 Å². The number of hydrogen-bond donors (Lipinski definition) is 2. The molecule has 4 nitrogen and oxygen atoms in total. The van der Waals surface area contributed by atoms with E-state index in [1.807, 2.05) is 0 Å². The van der Waals surface area contributed by atoms with E-state index in [-0.39, 0.29) is 6.79 Å². The number of hydrogen-bond acceptors (Lipinski definition) is 4. The Bertz CT molecular complexity index is 17.7. The Morgan fingerprint density at radius 3 is 1.71 bits per heavy atom. The summed E-state index contributed by atoms with van der Waals surface area (Å²) in [4.78, 5) is 3.75. The number of aliphatic hydroxyl groups is 1. The lowest BCUT2D eigenvalue weighted by molar-refractivity contribution is 0.0325. The first kappa shape index (κ1) is 9.96. The van der Waals surface area contributed by atoms with Crippen LogP contribution in [-0.2, 0) is 9.57 Å². The van der Waals surface area contributed by atoms with E-state index in [4.69, 9.17) is 5.11 Å².